The molecule has 4 N–H and O–H groups in total. The smallest absolute Gasteiger partial charge is 0.323 e. The number of aliphatic hydroxyl groups is 1. The minimum Gasteiger partial charge on any atom is -0.480 e. The number of nitrogens with two attached hydrogens (primary N) is 1. The van der Waals surface area contributed by atoms with Crippen molar-refractivity contribution in [1.82, 2.24) is 0 Å². The van der Waals surface area contributed by atoms with E-state index in [1.807, 2.05) is 19.1 Å². The standard InChI is InChI=1S/C9H17NO3/c1-3-4-5-6(2)8(11)7(10)9(12)13/h3-4,6-8,11H,5,10H2,1-2H3,(H,12,13)/b4-3+/t6-,7+,8?/m1/s1. The van der Waals surface area contributed by atoms with Gasteiger partial charge in [-0.1, -0.05) is 19.1 Å². The van der Waals surface area contributed by atoms with Crippen molar-refractivity contribution in [1.29, 1.82) is 0 Å². The lowest BCUT2D eigenvalue weighted by Gasteiger charge is -2.20. The summed E-state index contributed by atoms with van der Waals surface area (Å²) in [6.07, 6.45) is 3.38. The van der Waals surface area contributed by atoms with Crippen molar-refractivity contribution in [3.05, 3.63) is 12.2 Å². The Kier molecular flexibility index (Phi) is 5.34. The summed E-state index contributed by atoms with van der Waals surface area (Å²) in [5.41, 5.74) is 5.26. The van der Waals surface area contributed by atoms with Crippen molar-refractivity contribution >= 4 is 5.97 Å². The summed E-state index contributed by atoms with van der Waals surface area (Å²) in [5.74, 6) is -1.30. The average Bonchev–Trinajstić information content (AvgIpc) is 2.11. The molecule has 0 aliphatic heterocycles. The summed E-state index contributed by atoms with van der Waals surface area (Å²) in [5, 5.41) is 18.0. The van der Waals surface area contributed by atoms with Crippen molar-refractivity contribution in [3.63, 3.8) is 0 Å². The fourth-order valence-electron chi connectivity index (χ4n) is 0.990. The van der Waals surface area contributed by atoms with Gasteiger partial charge in [-0.05, 0) is 19.3 Å². The molecule has 0 saturated heterocycles. The lowest BCUT2D eigenvalue weighted by molar-refractivity contribution is -0.142. The first kappa shape index (κ1) is 12.1. The molecule has 0 bridgehead atoms. The number of hydrogen-bond acceptors (Lipinski definition) is 3. The molecule has 0 radical (unpaired) electrons. The third-order valence-electron chi connectivity index (χ3n) is 1.98. The molecule has 0 aliphatic carbocycles. The monoisotopic (exact) mass is 187 g/mol. The van der Waals surface area contributed by atoms with Gasteiger partial charge < -0.3 is 15.9 Å². The first-order valence-electron chi connectivity index (χ1n) is 4.28. The second-order valence-electron chi connectivity index (χ2n) is 3.14. The molecule has 0 saturated carbocycles. The van der Waals surface area contributed by atoms with Crippen LogP contribution in [0.1, 0.15) is 20.3 Å². The van der Waals surface area contributed by atoms with E-state index in [0.717, 1.165) is 0 Å². The number of carboxylic acid groups (broad SMARTS) is 1. The van der Waals surface area contributed by atoms with Crippen LogP contribution in [0.25, 0.3) is 0 Å². The van der Waals surface area contributed by atoms with Crippen LogP contribution in [0.3, 0.4) is 0 Å². The van der Waals surface area contributed by atoms with E-state index in [-0.39, 0.29) is 5.92 Å². The maximum atomic E-state index is 10.4. The minimum absolute atomic E-state index is 0.137. The highest BCUT2D eigenvalue weighted by molar-refractivity contribution is 5.73. The molecule has 13 heavy (non-hydrogen) atoms. The van der Waals surface area contributed by atoms with Crippen LogP contribution in [0.15, 0.2) is 12.2 Å². The quantitative estimate of drug-likeness (QED) is 0.543. The molecule has 4 heteroatoms. The topological polar surface area (TPSA) is 83.5 Å². The van der Waals surface area contributed by atoms with E-state index < -0.39 is 18.1 Å². The van der Waals surface area contributed by atoms with Crippen LogP contribution in [-0.2, 0) is 4.79 Å². The third-order valence-corrected chi connectivity index (χ3v) is 1.98. The maximum Gasteiger partial charge on any atom is 0.323 e. The van der Waals surface area contributed by atoms with Crippen molar-refractivity contribution in [2.75, 3.05) is 0 Å². The molecule has 0 aromatic carbocycles. The van der Waals surface area contributed by atoms with Gasteiger partial charge in [-0.3, -0.25) is 4.79 Å². The zero-order valence-corrected chi connectivity index (χ0v) is 7.97. The van der Waals surface area contributed by atoms with Crippen molar-refractivity contribution in [2.24, 2.45) is 11.7 Å². The Morgan fingerprint density at radius 2 is 2.15 bits per heavy atom. The molecule has 1 unspecified atom stereocenters. The van der Waals surface area contributed by atoms with Gasteiger partial charge in [0.2, 0.25) is 0 Å². The Balaban J connectivity index is 4.08. The molecule has 0 amide bonds. The molecule has 76 valence electrons. The van der Waals surface area contributed by atoms with Crippen molar-refractivity contribution in [2.45, 2.75) is 32.4 Å². The predicted molar refractivity (Wildman–Crippen MR) is 50.2 cm³/mol. The molecule has 0 heterocycles. The highest BCUT2D eigenvalue weighted by atomic mass is 16.4. The molecule has 0 aromatic rings. The zero-order valence-electron chi connectivity index (χ0n) is 7.97. The number of carbonyl (C=O) groups is 1. The Bertz CT molecular complexity index is 191. The van der Waals surface area contributed by atoms with E-state index >= 15 is 0 Å². The van der Waals surface area contributed by atoms with Crippen LogP contribution in [0.4, 0.5) is 0 Å². The number of carboxylic acids is 1. The van der Waals surface area contributed by atoms with E-state index in [2.05, 4.69) is 0 Å². The van der Waals surface area contributed by atoms with Gasteiger partial charge in [-0.25, -0.2) is 0 Å². The number of rotatable bonds is 5. The van der Waals surface area contributed by atoms with Gasteiger partial charge in [0.1, 0.15) is 6.04 Å². The molecule has 4 nitrogen and oxygen atoms in total. The summed E-state index contributed by atoms with van der Waals surface area (Å²) in [6, 6.07) is -1.19. The number of aliphatic hydroxyl groups excluding tert-OH is 1. The SMILES string of the molecule is C/C=C/C[C@@H](C)C(O)[C@H](N)C(=O)O. The van der Waals surface area contributed by atoms with Gasteiger partial charge in [-0.2, -0.15) is 0 Å². The molecule has 0 aromatic heterocycles. The second-order valence-corrected chi connectivity index (χ2v) is 3.14. The highest BCUT2D eigenvalue weighted by Crippen LogP contribution is 2.11. The molecular formula is C9H17NO3. The first-order valence-corrected chi connectivity index (χ1v) is 4.28. The maximum absolute atomic E-state index is 10.4. The molecule has 3 atom stereocenters. The Morgan fingerprint density at radius 3 is 2.54 bits per heavy atom. The van der Waals surface area contributed by atoms with E-state index in [1.165, 1.54) is 0 Å². The van der Waals surface area contributed by atoms with Crippen LogP contribution in [0.5, 0.6) is 0 Å². The fraction of sp³-hybridized carbons (Fsp3) is 0.667. The minimum atomic E-state index is -1.19. The second kappa shape index (κ2) is 5.72. The van der Waals surface area contributed by atoms with E-state index in [1.54, 1.807) is 6.92 Å². The Morgan fingerprint density at radius 1 is 1.62 bits per heavy atom. The summed E-state index contributed by atoms with van der Waals surface area (Å²) < 4.78 is 0. The van der Waals surface area contributed by atoms with Crippen molar-refractivity contribution < 1.29 is 15.0 Å². The zero-order chi connectivity index (χ0) is 10.4. The van der Waals surface area contributed by atoms with Crippen LogP contribution in [0.2, 0.25) is 0 Å². The molecule has 0 rings (SSSR count). The van der Waals surface area contributed by atoms with E-state index in [4.69, 9.17) is 10.8 Å². The molecular weight excluding hydrogens is 170 g/mol. The molecule has 0 fully saturated rings. The largest absolute Gasteiger partial charge is 0.480 e. The summed E-state index contributed by atoms with van der Waals surface area (Å²) in [6.45, 7) is 3.64. The fourth-order valence-corrected chi connectivity index (χ4v) is 0.990. The summed E-state index contributed by atoms with van der Waals surface area (Å²) in [4.78, 5) is 10.4. The van der Waals surface area contributed by atoms with Gasteiger partial charge in [0.05, 0.1) is 6.10 Å². The Hall–Kier alpha value is -0.870. The summed E-state index contributed by atoms with van der Waals surface area (Å²) in [7, 11) is 0. The molecule has 0 aliphatic rings. The van der Waals surface area contributed by atoms with Crippen molar-refractivity contribution in [3.8, 4) is 0 Å². The van der Waals surface area contributed by atoms with Gasteiger partial charge >= 0.3 is 5.97 Å². The summed E-state index contributed by atoms with van der Waals surface area (Å²) >= 11 is 0. The number of allylic oxidation sites excluding steroid dienone is 2. The van der Waals surface area contributed by atoms with E-state index in [9.17, 15) is 9.90 Å². The third kappa shape index (κ3) is 4.05. The normalized spacial score (nSPS) is 18.5. The van der Waals surface area contributed by atoms with Crippen LogP contribution in [-0.4, -0.2) is 28.3 Å². The average molecular weight is 187 g/mol. The van der Waals surface area contributed by atoms with Crippen LogP contribution >= 0.6 is 0 Å². The van der Waals surface area contributed by atoms with Gasteiger partial charge in [0.25, 0.3) is 0 Å². The van der Waals surface area contributed by atoms with Crippen LogP contribution < -0.4 is 5.73 Å². The predicted octanol–water partition coefficient (Wildman–Crippen LogP) is 0.362. The molecule has 0 spiro atoms. The Labute approximate surface area is 78.1 Å². The number of hydrogen-bond donors (Lipinski definition) is 3. The number of aliphatic carboxylic acids is 1. The highest BCUT2D eigenvalue weighted by Gasteiger charge is 2.26. The van der Waals surface area contributed by atoms with Gasteiger partial charge in [0, 0.05) is 0 Å². The lowest BCUT2D eigenvalue weighted by Crippen LogP contribution is -2.45. The van der Waals surface area contributed by atoms with Gasteiger partial charge in [-0.15, -0.1) is 0 Å². The van der Waals surface area contributed by atoms with E-state index in [0.29, 0.717) is 6.42 Å². The lowest BCUT2D eigenvalue weighted by atomic mass is 9.95. The van der Waals surface area contributed by atoms with Crippen LogP contribution in [0, 0.1) is 5.92 Å². The first-order chi connectivity index (χ1) is 6.00. The van der Waals surface area contributed by atoms with Gasteiger partial charge in [0.15, 0.2) is 0 Å².